The molecule has 2 rings (SSSR count). The molecule has 0 aliphatic carbocycles. The van der Waals surface area contributed by atoms with Gasteiger partial charge in [-0.3, -0.25) is 0 Å². The third-order valence-electron chi connectivity index (χ3n) is 3.97. The summed E-state index contributed by atoms with van der Waals surface area (Å²) in [5.41, 5.74) is 0.401. The first-order valence-electron chi connectivity index (χ1n) is 7.71. The van der Waals surface area contributed by atoms with Crippen LogP contribution in [0.3, 0.4) is 0 Å². The number of aliphatic hydroxyl groups is 1. The lowest BCUT2D eigenvalue weighted by Gasteiger charge is -2.38. The van der Waals surface area contributed by atoms with E-state index in [9.17, 15) is 9.90 Å². The highest BCUT2D eigenvalue weighted by Gasteiger charge is 2.39. The molecule has 2 N–H and O–H groups in total. The van der Waals surface area contributed by atoms with E-state index in [1.54, 1.807) is 0 Å². The first-order valence-corrected chi connectivity index (χ1v) is 7.71. The molecule has 1 unspecified atom stereocenters. The fourth-order valence-corrected chi connectivity index (χ4v) is 2.83. The van der Waals surface area contributed by atoms with E-state index >= 15 is 0 Å². The molecule has 4 heteroatoms. The number of hydrogen-bond donors (Lipinski definition) is 2. The Bertz CT molecular complexity index is 452. The summed E-state index contributed by atoms with van der Waals surface area (Å²) in [7, 11) is 0. The second-order valence-electron chi connectivity index (χ2n) is 6.18. The van der Waals surface area contributed by atoms with Crippen LogP contribution in [0.1, 0.15) is 38.7 Å². The quantitative estimate of drug-likeness (QED) is 0.817. The largest absolute Gasteiger partial charge is 0.452 e. The summed E-state index contributed by atoms with van der Waals surface area (Å²) < 4.78 is 5.80. The maximum atomic E-state index is 12.2. The average Bonchev–Trinajstić information content (AvgIpc) is 2.48. The van der Waals surface area contributed by atoms with Crippen LogP contribution in [0.5, 0.6) is 0 Å². The molecule has 1 aromatic carbocycles. The van der Waals surface area contributed by atoms with Crippen LogP contribution in [0.4, 0.5) is 0 Å². The Morgan fingerprint density at radius 2 is 1.90 bits per heavy atom. The van der Waals surface area contributed by atoms with Gasteiger partial charge in [-0.2, -0.15) is 0 Å². The fourth-order valence-electron chi connectivity index (χ4n) is 2.83. The van der Waals surface area contributed by atoms with E-state index in [4.69, 9.17) is 4.74 Å². The van der Waals surface area contributed by atoms with Crippen molar-refractivity contribution in [2.75, 3.05) is 13.1 Å². The highest BCUT2D eigenvalue weighted by molar-refractivity contribution is 5.75. The van der Waals surface area contributed by atoms with E-state index < -0.39 is 17.7 Å². The molecule has 1 heterocycles. The van der Waals surface area contributed by atoms with Gasteiger partial charge in [-0.15, -0.1) is 0 Å². The number of piperidine rings is 1. The molecule has 1 atom stereocenters. The van der Waals surface area contributed by atoms with Gasteiger partial charge in [0.25, 0.3) is 0 Å². The van der Waals surface area contributed by atoms with E-state index in [2.05, 4.69) is 5.32 Å². The van der Waals surface area contributed by atoms with E-state index in [1.807, 2.05) is 44.2 Å². The second-order valence-corrected chi connectivity index (χ2v) is 6.18. The Morgan fingerprint density at radius 3 is 2.48 bits per heavy atom. The van der Waals surface area contributed by atoms with Gasteiger partial charge in [-0.25, -0.2) is 4.79 Å². The smallest absolute Gasteiger partial charge is 0.335 e. The van der Waals surface area contributed by atoms with Gasteiger partial charge >= 0.3 is 5.97 Å². The van der Waals surface area contributed by atoms with Crippen molar-refractivity contribution in [2.45, 2.75) is 44.8 Å². The first kappa shape index (κ1) is 16.0. The molecule has 1 aliphatic rings. The van der Waals surface area contributed by atoms with E-state index in [0.717, 1.165) is 31.5 Å². The molecule has 21 heavy (non-hydrogen) atoms. The Morgan fingerprint density at radius 1 is 1.29 bits per heavy atom. The van der Waals surface area contributed by atoms with Crippen molar-refractivity contribution >= 4 is 5.97 Å². The minimum Gasteiger partial charge on any atom is -0.452 e. The number of nitrogens with one attached hydrogen (secondary N) is 1. The van der Waals surface area contributed by atoms with Crippen LogP contribution in [0.25, 0.3) is 0 Å². The predicted molar refractivity (Wildman–Crippen MR) is 81.8 cm³/mol. The zero-order valence-corrected chi connectivity index (χ0v) is 12.8. The number of hydrogen-bond acceptors (Lipinski definition) is 4. The van der Waals surface area contributed by atoms with Gasteiger partial charge < -0.3 is 15.2 Å². The van der Waals surface area contributed by atoms with Crippen molar-refractivity contribution in [3.05, 3.63) is 35.9 Å². The van der Waals surface area contributed by atoms with Gasteiger partial charge in [0.05, 0.1) is 0 Å². The summed E-state index contributed by atoms with van der Waals surface area (Å²) in [5.74, 6) is -0.247. The molecule has 1 fully saturated rings. The molecule has 0 spiro atoms. The molecule has 0 radical (unpaired) electrons. The topological polar surface area (TPSA) is 58.6 Å². The highest BCUT2D eigenvalue weighted by atomic mass is 16.6. The summed E-state index contributed by atoms with van der Waals surface area (Å²) >= 11 is 0. The number of esters is 1. The maximum absolute atomic E-state index is 12.2. The van der Waals surface area contributed by atoms with Crippen molar-refractivity contribution in [3.63, 3.8) is 0 Å². The van der Waals surface area contributed by atoms with Gasteiger partial charge in [0, 0.05) is 12.8 Å². The SMILES string of the molecule is CC(C)CC(O)C(=O)OC1(c2ccccc2)CCNCC1. The van der Waals surface area contributed by atoms with E-state index in [-0.39, 0.29) is 5.92 Å². The van der Waals surface area contributed by atoms with Gasteiger partial charge in [0.1, 0.15) is 5.60 Å². The standard InChI is InChI=1S/C17H25NO3/c1-13(2)12-15(19)16(20)21-17(8-10-18-11-9-17)14-6-4-3-5-7-14/h3-7,13,15,18-19H,8-12H2,1-2H3. The van der Waals surface area contributed by atoms with Crippen molar-refractivity contribution in [1.82, 2.24) is 5.32 Å². The van der Waals surface area contributed by atoms with Gasteiger partial charge in [-0.1, -0.05) is 44.2 Å². The number of carbonyl (C=O) groups is 1. The number of carbonyl (C=O) groups excluding carboxylic acids is 1. The summed E-state index contributed by atoms with van der Waals surface area (Å²) in [6, 6.07) is 9.85. The monoisotopic (exact) mass is 291 g/mol. The molecule has 1 aromatic rings. The zero-order chi connectivity index (χ0) is 15.3. The van der Waals surface area contributed by atoms with Crippen molar-refractivity contribution in [1.29, 1.82) is 0 Å². The normalized spacial score (nSPS) is 19.2. The lowest BCUT2D eigenvalue weighted by atomic mass is 9.84. The summed E-state index contributed by atoms with van der Waals surface area (Å²) in [6.07, 6.45) is 0.858. The number of aliphatic hydroxyl groups excluding tert-OH is 1. The third-order valence-corrected chi connectivity index (χ3v) is 3.97. The van der Waals surface area contributed by atoms with Crippen LogP contribution in [-0.4, -0.2) is 30.3 Å². The number of benzene rings is 1. The van der Waals surface area contributed by atoms with Crippen LogP contribution >= 0.6 is 0 Å². The summed E-state index contributed by atoms with van der Waals surface area (Å²) in [4.78, 5) is 12.2. The molecule has 116 valence electrons. The average molecular weight is 291 g/mol. The molecule has 1 saturated heterocycles. The van der Waals surface area contributed by atoms with Crippen LogP contribution < -0.4 is 5.32 Å². The molecule has 4 nitrogen and oxygen atoms in total. The van der Waals surface area contributed by atoms with Crippen LogP contribution in [0.2, 0.25) is 0 Å². The number of rotatable bonds is 5. The van der Waals surface area contributed by atoms with Crippen LogP contribution in [0.15, 0.2) is 30.3 Å². The molecule has 0 saturated carbocycles. The lowest BCUT2D eigenvalue weighted by molar-refractivity contribution is -0.175. The summed E-state index contributed by atoms with van der Waals surface area (Å²) in [6.45, 7) is 5.58. The van der Waals surface area contributed by atoms with Crippen molar-refractivity contribution in [2.24, 2.45) is 5.92 Å². The number of ether oxygens (including phenoxy) is 1. The molecular formula is C17H25NO3. The Hall–Kier alpha value is -1.39. The second kappa shape index (κ2) is 7.05. The van der Waals surface area contributed by atoms with E-state index in [0.29, 0.717) is 6.42 Å². The Labute approximate surface area is 126 Å². The summed E-state index contributed by atoms with van der Waals surface area (Å²) in [5, 5.41) is 13.3. The molecular weight excluding hydrogens is 266 g/mol. The third kappa shape index (κ3) is 4.05. The first-order chi connectivity index (χ1) is 10.0. The molecule has 0 bridgehead atoms. The highest BCUT2D eigenvalue weighted by Crippen LogP contribution is 2.35. The van der Waals surface area contributed by atoms with Crippen molar-refractivity contribution in [3.8, 4) is 0 Å². The maximum Gasteiger partial charge on any atom is 0.335 e. The molecule has 0 aromatic heterocycles. The fraction of sp³-hybridized carbons (Fsp3) is 0.588. The lowest BCUT2D eigenvalue weighted by Crippen LogP contribution is -2.45. The Balaban J connectivity index is 2.16. The minimum absolute atomic E-state index is 0.258. The minimum atomic E-state index is -1.04. The van der Waals surface area contributed by atoms with Crippen molar-refractivity contribution < 1.29 is 14.6 Å². The van der Waals surface area contributed by atoms with E-state index in [1.165, 1.54) is 0 Å². The predicted octanol–water partition coefficient (Wildman–Crippen LogP) is 2.22. The zero-order valence-electron chi connectivity index (χ0n) is 12.8. The Kier molecular flexibility index (Phi) is 5.37. The van der Waals surface area contributed by atoms with Gasteiger partial charge in [0.2, 0.25) is 0 Å². The van der Waals surface area contributed by atoms with Crippen LogP contribution in [-0.2, 0) is 15.1 Å². The van der Waals surface area contributed by atoms with Crippen LogP contribution in [0, 0.1) is 5.92 Å². The molecule has 1 aliphatic heterocycles. The van der Waals surface area contributed by atoms with Gasteiger partial charge in [-0.05, 0) is 31.0 Å². The molecule has 0 amide bonds. The van der Waals surface area contributed by atoms with Gasteiger partial charge in [0.15, 0.2) is 6.10 Å².